The zero-order valence-electron chi connectivity index (χ0n) is 15.7. The van der Waals surface area contributed by atoms with E-state index in [4.69, 9.17) is 4.74 Å². The molecule has 30 heavy (non-hydrogen) atoms. The van der Waals surface area contributed by atoms with E-state index in [1.165, 1.54) is 11.3 Å². The van der Waals surface area contributed by atoms with Crippen LogP contribution in [0.2, 0.25) is 0 Å². The number of carbonyl (C=O) groups is 2. The van der Waals surface area contributed by atoms with Gasteiger partial charge in [-0.25, -0.2) is 4.79 Å². The van der Waals surface area contributed by atoms with E-state index >= 15 is 0 Å². The van der Waals surface area contributed by atoms with Gasteiger partial charge in [-0.1, -0.05) is 6.42 Å². The number of thiophene rings is 1. The Morgan fingerprint density at radius 2 is 1.83 bits per heavy atom. The Balaban J connectivity index is 1.57. The Kier molecular flexibility index (Phi) is 6.62. The summed E-state index contributed by atoms with van der Waals surface area (Å²) in [6, 6.07) is 6.30. The number of benzene rings is 1. The van der Waals surface area contributed by atoms with Crippen molar-refractivity contribution in [2.75, 3.05) is 11.9 Å². The van der Waals surface area contributed by atoms with Crippen molar-refractivity contribution in [3.8, 4) is 11.8 Å². The molecule has 0 bridgehead atoms. The lowest BCUT2D eigenvalue weighted by Gasteiger charge is -2.09. The van der Waals surface area contributed by atoms with Crippen molar-refractivity contribution < 1.29 is 32.2 Å². The van der Waals surface area contributed by atoms with Gasteiger partial charge in [0, 0.05) is 4.88 Å². The van der Waals surface area contributed by atoms with Gasteiger partial charge < -0.3 is 14.8 Å². The first-order valence-electron chi connectivity index (χ1n) is 9.14. The number of hydrogen-bond acceptors (Lipinski definition) is 6. The molecular weight excluding hydrogens is 421 g/mol. The van der Waals surface area contributed by atoms with Crippen LogP contribution in [0.4, 0.5) is 18.2 Å². The molecule has 1 aliphatic rings. The number of alkyl halides is 3. The average molecular weight is 438 g/mol. The molecule has 1 amide bonds. The van der Waals surface area contributed by atoms with Crippen LogP contribution in [0.5, 0.6) is 5.75 Å². The third kappa shape index (κ3) is 5.51. The van der Waals surface area contributed by atoms with Crippen molar-refractivity contribution in [3.63, 3.8) is 0 Å². The SMILES string of the molecule is N#Cc1c(NC(=O)COC(=O)c2ccc(OC(F)(F)F)cc2)sc2c1CCCCC2. The molecule has 6 nitrogen and oxygen atoms in total. The highest BCUT2D eigenvalue weighted by molar-refractivity contribution is 7.16. The molecule has 0 unspecified atom stereocenters. The van der Waals surface area contributed by atoms with Crippen molar-refractivity contribution in [2.45, 2.75) is 38.5 Å². The Morgan fingerprint density at radius 1 is 1.13 bits per heavy atom. The van der Waals surface area contributed by atoms with E-state index in [0.717, 1.165) is 66.8 Å². The summed E-state index contributed by atoms with van der Waals surface area (Å²) >= 11 is 1.36. The summed E-state index contributed by atoms with van der Waals surface area (Å²) in [6.45, 7) is -0.590. The molecule has 1 aromatic carbocycles. The molecule has 3 rings (SSSR count). The van der Waals surface area contributed by atoms with Crippen molar-refractivity contribution in [1.29, 1.82) is 5.26 Å². The highest BCUT2D eigenvalue weighted by atomic mass is 32.1. The maximum absolute atomic E-state index is 12.2. The first-order valence-corrected chi connectivity index (χ1v) is 9.96. The number of anilines is 1. The molecule has 1 aliphatic carbocycles. The summed E-state index contributed by atoms with van der Waals surface area (Å²) in [6.07, 6.45) is -0.0244. The Labute approximate surface area is 174 Å². The Morgan fingerprint density at radius 3 is 2.50 bits per heavy atom. The van der Waals surface area contributed by atoms with Gasteiger partial charge in [0.15, 0.2) is 6.61 Å². The fraction of sp³-hybridized carbons (Fsp3) is 0.350. The summed E-state index contributed by atoms with van der Waals surface area (Å²) in [5.41, 5.74) is 1.41. The normalized spacial score (nSPS) is 13.5. The second-order valence-corrected chi connectivity index (χ2v) is 7.68. The van der Waals surface area contributed by atoms with Crippen LogP contribution in [-0.4, -0.2) is 24.8 Å². The van der Waals surface area contributed by atoms with Crippen LogP contribution in [0, 0.1) is 11.3 Å². The lowest BCUT2D eigenvalue weighted by Crippen LogP contribution is -2.21. The van der Waals surface area contributed by atoms with Crippen molar-refractivity contribution in [1.82, 2.24) is 0 Å². The fourth-order valence-corrected chi connectivity index (χ4v) is 4.37. The standard InChI is InChI=1S/C20H17F3N2O4S/c21-20(22,23)29-13-8-6-12(7-9-13)19(27)28-11-17(26)25-18-15(10-24)14-4-2-1-3-5-16(14)30-18/h6-9H,1-5,11H2,(H,25,26). The van der Waals surface area contributed by atoms with E-state index in [0.29, 0.717) is 10.6 Å². The molecule has 158 valence electrons. The van der Waals surface area contributed by atoms with E-state index in [1.807, 2.05) is 0 Å². The van der Waals surface area contributed by atoms with Crippen LogP contribution in [-0.2, 0) is 22.4 Å². The summed E-state index contributed by atoms with van der Waals surface area (Å²) in [5, 5.41) is 12.5. The first-order chi connectivity index (χ1) is 14.3. The topological polar surface area (TPSA) is 88.4 Å². The second-order valence-electron chi connectivity index (χ2n) is 6.58. The van der Waals surface area contributed by atoms with Gasteiger partial charge in [0.2, 0.25) is 0 Å². The van der Waals surface area contributed by atoms with Crippen molar-refractivity contribution >= 4 is 28.2 Å². The van der Waals surface area contributed by atoms with Gasteiger partial charge in [0.1, 0.15) is 16.8 Å². The highest BCUT2D eigenvalue weighted by Crippen LogP contribution is 2.36. The number of fused-ring (bicyclic) bond motifs is 1. The second kappa shape index (κ2) is 9.17. The van der Waals surface area contributed by atoms with E-state index in [1.54, 1.807) is 0 Å². The van der Waals surface area contributed by atoms with Gasteiger partial charge in [0.25, 0.3) is 5.91 Å². The van der Waals surface area contributed by atoms with Crippen LogP contribution in [0.1, 0.15) is 45.6 Å². The number of carbonyl (C=O) groups excluding carboxylic acids is 2. The smallest absolute Gasteiger partial charge is 0.452 e. The molecular formula is C20H17F3N2O4S. The lowest BCUT2D eigenvalue weighted by atomic mass is 10.1. The summed E-state index contributed by atoms with van der Waals surface area (Å²) in [7, 11) is 0. The molecule has 1 heterocycles. The minimum absolute atomic E-state index is 0.0297. The summed E-state index contributed by atoms with van der Waals surface area (Å²) < 4.78 is 45.1. The van der Waals surface area contributed by atoms with Crippen molar-refractivity contribution in [2.24, 2.45) is 0 Å². The zero-order chi connectivity index (χ0) is 21.7. The number of nitriles is 1. The summed E-state index contributed by atoms with van der Waals surface area (Å²) in [4.78, 5) is 25.3. The number of amides is 1. The quantitative estimate of drug-likeness (QED) is 0.545. The maximum Gasteiger partial charge on any atom is 0.573 e. The largest absolute Gasteiger partial charge is 0.573 e. The molecule has 0 radical (unpaired) electrons. The monoisotopic (exact) mass is 438 g/mol. The molecule has 10 heteroatoms. The highest BCUT2D eigenvalue weighted by Gasteiger charge is 2.31. The maximum atomic E-state index is 12.2. The molecule has 1 aromatic heterocycles. The predicted octanol–water partition coefficient (Wildman–Crippen LogP) is 4.58. The van der Waals surface area contributed by atoms with Crippen LogP contribution >= 0.6 is 11.3 Å². The van der Waals surface area contributed by atoms with Gasteiger partial charge in [-0.2, -0.15) is 5.26 Å². The number of hydrogen-bond donors (Lipinski definition) is 1. The number of ether oxygens (including phenoxy) is 2. The molecule has 0 fully saturated rings. The number of aryl methyl sites for hydroxylation is 1. The predicted molar refractivity (Wildman–Crippen MR) is 102 cm³/mol. The Bertz CT molecular complexity index is 978. The molecule has 0 saturated carbocycles. The number of esters is 1. The lowest BCUT2D eigenvalue weighted by molar-refractivity contribution is -0.274. The van der Waals surface area contributed by atoms with Gasteiger partial charge in [0.05, 0.1) is 11.1 Å². The number of rotatable bonds is 5. The number of halogens is 3. The van der Waals surface area contributed by atoms with Gasteiger partial charge >= 0.3 is 12.3 Å². The molecule has 0 atom stereocenters. The minimum atomic E-state index is -4.83. The van der Waals surface area contributed by atoms with E-state index in [-0.39, 0.29) is 5.56 Å². The fourth-order valence-electron chi connectivity index (χ4n) is 3.12. The van der Waals surface area contributed by atoms with Gasteiger partial charge in [-0.3, -0.25) is 4.79 Å². The van der Waals surface area contributed by atoms with Crippen LogP contribution in [0.15, 0.2) is 24.3 Å². The molecule has 0 spiro atoms. The summed E-state index contributed by atoms with van der Waals surface area (Å²) in [5.74, 6) is -1.95. The van der Waals surface area contributed by atoms with Gasteiger partial charge in [-0.05, 0) is 55.5 Å². The third-order valence-electron chi connectivity index (χ3n) is 4.44. The van der Waals surface area contributed by atoms with Crippen LogP contribution in [0.3, 0.4) is 0 Å². The number of nitrogens with one attached hydrogen (secondary N) is 1. The van der Waals surface area contributed by atoms with Gasteiger partial charge in [-0.15, -0.1) is 24.5 Å². The minimum Gasteiger partial charge on any atom is -0.452 e. The molecule has 2 aromatic rings. The Hall–Kier alpha value is -3.06. The molecule has 0 saturated heterocycles. The third-order valence-corrected chi connectivity index (χ3v) is 5.65. The average Bonchev–Trinajstić information content (AvgIpc) is 2.84. The first kappa shape index (κ1) is 21.6. The van der Waals surface area contributed by atoms with Crippen LogP contribution in [0.25, 0.3) is 0 Å². The van der Waals surface area contributed by atoms with E-state index in [2.05, 4.69) is 16.1 Å². The van der Waals surface area contributed by atoms with Crippen molar-refractivity contribution in [3.05, 3.63) is 45.8 Å². The van der Waals surface area contributed by atoms with E-state index in [9.17, 15) is 28.0 Å². The van der Waals surface area contributed by atoms with E-state index < -0.39 is 30.6 Å². The molecule has 0 aliphatic heterocycles. The molecule has 1 N–H and O–H groups in total. The zero-order valence-corrected chi connectivity index (χ0v) is 16.5. The van der Waals surface area contributed by atoms with Crippen LogP contribution < -0.4 is 10.1 Å². The number of nitrogens with zero attached hydrogens (tertiary/aromatic N) is 1.